The number of hydrogen-bond donors (Lipinski definition) is 1. The molecule has 0 bridgehead atoms. The number of aliphatic hydroxyl groups is 1. The number of nitrogens with zero attached hydrogens (tertiary/aromatic N) is 1. The van der Waals surface area contributed by atoms with Crippen LogP contribution in [0, 0.1) is 0 Å². The Labute approximate surface area is 84.9 Å². The van der Waals surface area contributed by atoms with E-state index < -0.39 is 0 Å². The van der Waals surface area contributed by atoms with Gasteiger partial charge in [-0.05, 0) is 23.6 Å². The van der Waals surface area contributed by atoms with Gasteiger partial charge < -0.3 is 5.11 Å². The van der Waals surface area contributed by atoms with Crippen molar-refractivity contribution >= 4 is 11.3 Å². The van der Waals surface area contributed by atoms with Crippen molar-refractivity contribution in [3.05, 3.63) is 51.1 Å². The Morgan fingerprint density at radius 1 is 1.43 bits per heavy atom. The molecule has 0 radical (unpaired) electrons. The number of pyridine rings is 1. The summed E-state index contributed by atoms with van der Waals surface area (Å²) < 4.78 is 1.53. The summed E-state index contributed by atoms with van der Waals surface area (Å²) in [6.45, 7) is -0.218. The Hall–Kier alpha value is -1.39. The third kappa shape index (κ3) is 1.49. The van der Waals surface area contributed by atoms with Gasteiger partial charge in [-0.25, -0.2) is 0 Å². The van der Waals surface area contributed by atoms with Crippen molar-refractivity contribution in [3.8, 4) is 5.69 Å². The minimum Gasteiger partial charge on any atom is -0.391 e. The third-order valence-corrected chi connectivity index (χ3v) is 2.65. The SMILES string of the molecule is O=c1c(CO)cccn1-c1ccsc1. The average Bonchev–Trinajstić information content (AvgIpc) is 2.71. The lowest BCUT2D eigenvalue weighted by Crippen LogP contribution is -2.20. The van der Waals surface area contributed by atoms with Crippen LogP contribution in [0.15, 0.2) is 40.0 Å². The highest BCUT2D eigenvalue weighted by molar-refractivity contribution is 7.08. The highest BCUT2D eigenvalue weighted by atomic mass is 32.1. The van der Waals surface area contributed by atoms with Gasteiger partial charge in [0.15, 0.2) is 0 Å². The molecule has 72 valence electrons. The van der Waals surface area contributed by atoms with E-state index in [0.29, 0.717) is 5.56 Å². The molecule has 0 spiro atoms. The highest BCUT2D eigenvalue weighted by Crippen LogP contribution is 2.09. The quantitative estimate of drug-likeness (QED) is 0.808. The molecule has 2 aromatic heterocycles. The first-order valence-electron chi connectivity index (χ1n) is 4.17. The van der Waals surface area contributed by atoms with Crippen LogP contribution in [-0.4, -0.2) is 9.67 Å². The lowest BCUT2D eigenvalue weighted by molar-refractivity contribution is 0.279. The first kappa shape index (κ1) is 9.18. The first-order chi connectivity index (χ1) is 6.83. The first-order valence-corrected chi connectivity index (χ1v) is 5.11. The van der Waals surface area contributed by atoms with Crippen molar-refractivity contribution in [1.29, 1.82) is 0 Å². The Morgan fingerprint density at radius 3 is 2.93 bits per heavy atom. The number of aliphatic hydroxyl groups excluding tert-OH is 1. The molecule has 0 aromatic carbocycles. The van der Waals surface area contributed by atoms with Crippen molar-refractivity contribution in [2.45, 2.75) is 6.61 Å². The van der Waals surface area contributed by atoms with Crippen LogP contribution in [0.4, 0.5) is 0 Å². The maximum Gasteiger partial charge on any atom is 0.260 e. The summed E-state index contributed by atoms with van der Waals surface area (Å²) in [6, 6.07) is 5.25. The van der Waals surface area contributed by atoms with E-state index in [0.717, 1.165) is 5.69 Å². The van der Waals surface area contributed by atoms with E-state index in [1.54, 1.807) is 18.3 Å². The largest absolute Gasteiger partial charge is 0.391 e. The van der Waals surface area contributed by atoms with E-state index in [1.165, 1.54) is 15.9 Å². The number of aromatic nitrogens is 1. The summed E-state index contributed by atoms with van der Waals surface area (Å²) in [5.74, 6) is 0. The zero-order chi connectivity index (χ0) is 9.97. The van der Waals surface area contributed by atoms with Crippen molar-refractivity contribution < 1.29 is 5.11 Å². The van der Waals surface area contributed by atoms with Crippen molar-refractivity contribution in [1.82, 2.24) is 4.57 Å². The lowest BCUT2D eigenvalue weighted by Gasteiger charge is -2.03. The minimum atomic E-state index is -0.218. The Balaban J connectivity index is 2.60. The molecule has 0 aliphatic carbocycles. The maximum atomic E-state index is 11.7. The van der Waals surface area contributed by atoms with Crippen LogP contribution < -0.4 is 5.56 Å². The van der Waals surface area contributed by atoms with Crippen molar-refractivity contribution in [2.24, 2.45) is 0 Å². The van der Waals surface area contributed by atoms with Gasteiger partial charge in [-0.1, -0.05) is 0 Å². The number of thiophene rings is 1. The topological polar surface area (TPSA) is 42.2 Å². The van der Waals surface area contributed by atoms with Crippen LogP contribution in [0.1, 0.15) is 5.56 Å². The average molecular weight is 207 g/mol. The van der Waals surface area contributed by atoms with E-state index in [2.05, 4.69) is 0 Å². The fraction of sp³-hybridized carbons (Fsp3) is 0.100. The van der Waals surface area contributed by atoms with E-state index in [1.807, 2.05) is 16.8 Å². The predicted octanol–water partition coefficient (Wildman–Crippen LogP) is 1.39. The van der Waals surface area contributed by atoms with Gasteiger partial charge in [0.05, 0.1) is 12.3 Å². The van der Waals surface area contributed by atoms with Crippen LogP contribution in [-0.2, 0) is 6.61 Å². The molecule has 4 heteroatoms. The molecule has 0 saturated carbocycles. The Kier molecular flexibility index (Phi) is 2.47. The molecule has 0 aliphatic rings. The third-order valence-electron chi connectivity index (χ3n) is 1.98. The molecule has 0 aliphatic heterocycles. The summed E-state index contributed by atoms with van der Waals surface area (Å²) in [7, 11) is 0. The number of hydrogen-bond acceptors (Lipinski definition) is 3. The van der Waals surface area contributed by atoms with Gasteiger partial charge >= 0.3 is 0 Å². The molecule has 0 unspecified atom stereocenters. The number of rotatable bonds is 2. The molecule has 0 saturated heterocycles. The van der Waals surface area contributed by atoms with Gasteiger partial charge in [0.25, 0.3) is 5.56 Å². The molecular weight excluding hydrogens is 198 g/mol. The van der Waals surface area contributed by atoms with Crippen molar-refractivity contribution in [3.63, 3.8) is 0 Å². The van der Waals surface area contributed by atoms with Gasteiger partial charge in [-0.3, -0.25) is 9.36 Å². The fourth-order valence-corrected chi connectivity index (χ4v) is 1.89. The van der Waals surface area contributed by atoms with E-state index in [9.17, 15) is 4.79 Å². The highest BCUT2D eigenvalue weighted by Gasteiger charge is 2.03. The summed E-state index contributed by atoms with van der Waals surface area (Å²) in [5.41, 5.74) is 1.10. The fourth-order valence-electron chi connectivity index (χ4n) is 1.26. The van der Waals surface area contributed by atoms with Crippen LogP contribution in [0.3, 0.4) is 0 Å². The summed E-state index contributed by atoms with van der Waals surface area (Å²) >= 11 is 1.53. The van der Waals surface area contributed by atoms with Crippen LogP contribution in [0.2, 0.25) is 0 Å². The van der Waals surface area contributed by atoms with Gasteiger partial charge in [0.2, 0.25) is 0 Å². The normalized spacial score (nSPS) is 10.4. The van der Waals surface area contributed by atoms with Crippen LogP contribution >= 0.6 is 11.3 Å². The van der Waals surface area contributed by atoms with Gasteiger partial charge in [-0.2, -0.15) is 11.3 Å². The zero-order valence-electron chi connectivity index (χ0n) is 7.38. The van der Waals surface area contributed by atoms with Crippen LogP contribution in [0.25, 0.3) is 5.69 Å². The van der Waals surface area contributed by atoms with Crippen molar-refractivity contribution in [2.75, 3.05) is 0 Å². The molecule has 0 amide bonds. The predicted molar refractivity (Wildman–Crippen MR) is 55.8 cm³/mol. The zero-order valence-corrected chi connectivity index (χ0v) is 8.20. The monoisotopic (exact) mass is 207 g/mol. The second-order valence-electron chi connectivity index (χ2n) is 2.85. The summed E-state index contributed by atoms with van der Waals surface area (Å²) in [6.07, 6.45) is 1.70. The molecule has 1 N–H and O–H groups in total. The Morgan fingerprint density at radius 2 is 2.29 bits per heavy atom. The minimum absolute atomic E-state index is 0.159. The smallest absolute Gasteiger partial charge is 0.260 e. The van der Waals surface area contributed by atoms with Crippen LogP contribution in [0.5, 0.6) is 0 Å². The molecular formula is C10H9NO2S. The maximum absolute atomic E-state index is 11.7. The van der Waals surface area contributed by atoms with Gasteiger partial charge in [-0.15, -0.1) is 0 Å². The summed E-state index contributed by atoms with van der Waals surface area (Å²) in [5, 5.41) is 12.7. The standard InChI is InChI=1S/C10H9NO2S/c12-6-8-2-1-4-11(10(8)13)9-3-5-14-7-9/h1-5,7,12H,6H2. The van der Waals surface area contributed by atoms with Gasteiger partial charge in [0.1, 0.15) is 0 Å². The summed E-state index contributed by atoms with van der Waals surface area (Å²) in [4.78, 5) is 11.7. The molecule has 2 heterocycles. The van der Waals surface area contributed by atoms with E-state index in [-0.39, 0.29) is 12.2 Å². The lowest BCUT2D eigenvalue weighted by atomic mass is 10.3. The second-order valence-corrected chi connectivity index (χ2v) is 3.63. The van der Waals surface area contributed by atoms with E-state index in [4.69, 9.17) is 5.11 Å². The molecule has 2 rings (SSSR count). The Bertz CT molecular complexity index is 473. The molecule has 2 aromatic rings. The van der Waals surface area contributed by atoms with E-state index >= 15 is 0 Å². The molecule has 3 nitrogen and oxygen atoms in total. The second kappa shape index (κ2) is 3.77. The molecule has 0 fully saturated rings. The van der Waals surface area contributed by atoms with Gasteiger partial charge in [0, 0.05) is 17.1 Å². The molecule has 0 atom stereocenters. The molecule has 14 heavy (non-hydrogen) atoms.